The van der Waals surface area contributed by atoms with Gasteiger partial charge in [-0.3, -0.25) is 0 Å². The highest BCUT2D eigenvalue weighted by molar-refractivity contribution is 5.89. The van der Waals surface area contributed by atoms with E-state index in [0.717, 1.165) is 6.42 Å². The summed E-state index contributed by atoms with van der Waals surface area (Å²) in [4.78, 5) is 20.2. The minimum atomic E-state index is -0.972. The Bertz CT molecular complexity index is 619. The van der Waals surface area contributed by atoms with Gasteiger partial charge in [-0.25, -0.2) is 14.8 Å². The lowest BCUT2D eigenvalue weighted by molar-refractivity contribution is 0.0694. The monoisotopic (exact) mass is 286 g/mol. The molecule has 0 saturated heterocycles. The summed E-state index contributed by atoms with van der Waals surface area (Å²) in [7, 11) is 0. The van der Waals surface area contributed by atoms with Crippen molar-refractivity contribution in [2.75, 3.05) is 0 Å². The number of carboxylic acids is 1. The van der Waals surface area contributed by atoms with Crippen LogP contribution < -0.4 is 0 Å². The summed E-state index contributed by atoms with van der Waals surface area (Å²) < 4.78 is 0. The zero-order valence-corrected chi connectivity index (χ0v) is 13.3. The molecule has 1 unspecified atom stereocenters. The first-order valence-electron chi connectivity index (χ1n) is 7.21. The minimum Gasteiger partial charge on any atom is -0.478 e. The summed E-state index contributed by atoms with van der Waals surface area (Å²) in [6, 6.07) is 0. The molecule has 1 aliphatic rings. The quantitative estimate of drug-likeness (QED) is 0.922. The van der Waals surface area contributed by atoms with Gasteiger partial charge >= 0.3 is 5.97 Å². The predicted octanol–water partition coefficient (Wildman–Crippen LogP) is 3.59. The Labute approximate surface area is 125 Å². The van der Waals surface area contributed by atoms with Gasteiger partial charge in [-0.1, -0.05) is 25.2 Å². The van der Waals surface area contributed by atoms with Gasteiger partial charge in [-0.15, -0.1) is 0 Å². The Morgan fingerprint density at radius 1 is 1.29 bits per heavy atom. The number of aromatic carboxylic acids is 1. The van der Waals surface area contributed by atoms with Crippen LogP contribution in [0, 0.1) is 19.8 Å². The van der Waals surface area contributed by atoms with Crippen molar-refractivity contribution in [1.82, 2.24) is 9.97 Å². The predicted molar refractivity (Wildman–Crippen MR) is 82.5 cm³/mol. The second kappa shape index (κ2) is 5.43. The Balaban J connectivity index is 2.51. The molecule has 4 nitrogen and oxygen atoms in total. The van der Waals surface area contributed by atoms with Gasteiger partial charge in [0.05, 0.1) is 11.4 Å². The molecule has 0 radical (unpaired) electrons. The Morgan fingerprint density at radius 2 is 1.86 bits per heavy atom. The summed E-state index contributed by atoms with van der Waals surface area (Å²) in [5.41, 5.74) is 2.09. The fraction of sp³-hybridized carbons (Fsp3) is 0.471. The second-order valence-corrected chi connectivity index (χ2v) is 6.26. The lowest BCUT2D eigenvalue weighted by atomic mass is 9.78. The summed E-state index contributed by atoms with van der Waals surface area (Å²) in [6.07, 6.45) is 7.60. The third-order valence-corrected chi connectivity index (χ3v) is 4.03. The maximum atomic E-state index is 11.2. The number of nitrogens with zero attached hydrogens (tertiary/aromatic N) is 2. The van der Waals surface area contributed by atoms with Gasteiger partial charge in [0.1, 0.15) is 11.4 Å². The molecule has 1 aliphatic carbocycles. The molecule has 112 valence electrons. The Morgan fingerprint density at radius 3 is 2.33 bits per heavy atom. The molecular weight excluding hydrogens is 264 g/mol. The smallest absolute Gasteiger partial charge is 0.339 e. The van der Waals surface area contributed by atoms with Gasteiger partial charge in [0.15, 0.2) is 0 Å². The zero-order chi connectivity index (χ0) is 15.8. The number of hydrogen-bond donors (Lipinski definition) is 1. The molecule has 0 aliphatic heterocycles. The van der Waals surface area contributed by atoms with Crippen molar-refractivity contribution in [2.24, 2.45) is 5.92 Å². The van der Waals surface area contributed by atoms with Gasteiger partial charge in [0.25, 0.3) is 0 Å². The van der Waals surface area contributed by atoms with Gasteiger partial charge in [-0.05, 0) is 45.6 Å². The maximum absolute atomic E-state index is 11.2. The number of carboxylic acid groups (broad SMARTS) is 1. The SMILES string of the molecule is Cc1nc(C(C)(C)C2=CC(C)CC=C2)nc(C)c1C(=O)O. The van der Waals surface area contributed by atoms with Crippen LogP contribution in [-0.4, -0.2) is 21.0 Å². The highest BCUT2D eigenvalue weighted by Gasteiger charge is 2.30. The third-order valence-electron chi connectivity index (χ3n) is 4.03. The average molecular weight is 286 g/mol. The first kappa shape index (κ1) is 15.4. The molecule has 0 aromatic carbocycles. The van der Waals surface area contributed by atoms with Crippen LogP contribution in [0.4, 0.5) is 0 Å². The largest absolute Gasteiger partial charge is 0.478 e. The molecule has 1 atom stereocenters. The van der Waals surface area contributed by atoms with Crippen molar-refractivity contribution in [1.29, 1.82) is 0 Å². The van der Waals surface area contributed by atoms with Gasteiger partial charge in [0.2, 0.25) is 0 Å². The molecule has 1 aromatic rings. The molecule has 0 amide bonds. The number of aryl methyl sites for hydroxylation is 2. The molecule has 1 N–H and O–H groups in total. The summed E-state index contributed by atoms with van der Waals surface area (Å²) >= 11 is 0. The highest BCUT2D eigenvalue weighted by atomic mass is 16.4. The molecule has 0 saturated carbocycles. The van der Waals surface area contributed by atoms with E-state index in [4.69, 9.17) is 0 Å². The maximum Gasteiger partial charge on any atom is 0.339 e. The zero-order valence-electron chi connectivity index (χ0n) is 13.3. The van der Waals surface area contributed by atoms with Crippen LogP contribution in [0.1, 0.15) is 54.8 Å². The van der Waals surface area contributed by atoms with E-state index in [0.29, 0.717) is 23.1 Å². The summed E-state index contributed by atoms with van der Waals surface area (Å²) in [5.74, 6) is 0.206. The van der Waals surface area contributed by atoms with E-state index >= 15 is 0 Å². The van der Waals surface area contributed by atoms with Gasteiger partial charge < -0.3 is 5.11 Å². The van der Waals surface area contributed by atoms with E-state index in [-0.39, 0.29) is 11.0 Å². The molecule has 1 heterocycles. The van der Waals surface area contributed by atoms with Crippen molar-refractivity contribution >= 4 is 5.97 Å². The Kier molecular flexibility index (Phi) is 3.99. The molecule has 0 fully saturated rings. The van der Waals surface area contributed by atoms with E-state index in [1.807, 2.05) is 0 Å². The molecule has 21 heavy (non-hydrogen) atoms. The first-order valence-corrected chi connectivity index (χ1v) is 7.21. The van der Waals surface area contributed by atoms with Crippen LogP contribution in [0.3, 0.4) is 0 Å². The van der Waals surface area contributed by atoms with Crippen LogP contribution in [0.15, 0.2) is 23.8 Å². The van der Waals surface area contributed by atoms with Crippen LogP contribution in [0.5, 0.6) is 0 Å². The molecule has 2 rings (SSSR count). The van der Waals surface area contributed by atoms with Gasteiger partial charge in [-0.2, -0.15) is 0 Å². The van der Waals surface area contributed by atoms with Gasteiger partial charge in [0, 0.05) is 5.41 Å². The van der Waals surface area contributed by atoms with Crippen molar-refractivity contribution in [2.45, 2.75) is 46.5 Å². The normalized spacial score (nSPS) is 18.5. The lowest BCUT2D eigenvalue weighted by Gasteiger charge is -2.28. The molecule has 0 bridgehead atoms. The lowest BCUT2D eigenvalue weighted by Crippen LogP contribution is -2.26. The van der Waals surface area contributed by atoms with E-state index in [1.165, 1.54) is 5.57 Å². The van der Waals surface area contributed by atoms with Crippen molar-refractivity contribution in [3.63, 3.8) is 0 Å². The van der Waals surface area contributed by atoms with Crippen LogP contribution in [-0.2, 0) is 5.41 Å². The highest BCUT2D eigenvalue weighted by Crippen LogP contribution is 2.34. The van der Waals surface area contributed by atoms with E-state index < -0.39 is 5.97 Å². The molecular formula is C17H22N2O2. The van der Waals surface area contributed by atoms with Crippen LogP contribution >= 0.6 is 0 Å². The van der Waals surface area contributed by atoms with Crippen LogP contribution in [0.25, 0.3) is 0 Å². The molecule has 1 aromatic heterocycles. The van der Waals surface area contributed by atoms with Crippen molar-refractivity contribution < 1.29 is 9.90 Å². The average Bonchev–Trinajstić information content (AvgIpc) is 2.37. The number of allylic oxidation sites excluding steroid dienone is 4. The van der Waals surface area contributed by atoms with Crippen molar-refractivity contribution in [3.05, 3.63) is 46.6 Å². The fourth-order valence-corrected chi connectivity index (χ4v) is 2.69. The minimum absolute atomic E-state index is 0.205. The summed E-state index contributed by atoms with van der Waals surface area (Å²) in [5, 5.41) is 9.22. The third kappa shape index (κ3) is 2.89. The Hall–Kier alpha value is -1.97. The summed E-state index contributed by atoms with van der Waals surface area (Å²) in [6.45, 7) is 9.80. The number of hydrogen-bond acceptors (Lipinski definition) is 3. The van der Waals surface area contributed by atoms with E-state index in [2.05, 4.69) is 49.0 Å². The first-order chi connectivity index (χ1) is 9.73. The van der Waals surface area contributed by atoms with Crippen molar-refractivity contribution in [3.8, 4) is 0 Å². The van der Waals surface area contributed by atoms with E-state index in [9.17, 15) is 9.90 Å². The fourth-order valence-electron chi connectivity index (χ4n) is 2.69. The number of carbonyl (C=O) groups is 1. The van der Waals surface area contributed by atoms with E-state index in [1.54, 1.807) is 13.8 Å². The molecule has 4 heteroatoms. The standard InChI is InChI=1S/C17H22N2O2/c1-10-7-6-8-13(9-10)17(4,5)16-18-11(2)14(15(20)21)12(3)19-16/h6,8-10H,7H2,1-5H3,(H,20,21). The molecule has 0 spiro atoms. The number of aromatic nitrogens is 2. The topological polar surface area (TPSA) is 63.1 Å². The second-order valence-electron chi connectivity index (χ2n) is 6.26. The van der Waals surface area contributed by atoms with Crippen LogP contribution in [0.2, 0.25) is 0 Å². The number of rotatable bonds is 3.